The van der Waals surface area contributed by atoms with Gasteiger partial charge >= 0.3 is 17.9 Å². The molecule has 0 spiro atoms. The fourth-order valence-corrected chi connectivity index (χ4v) is 3.11. The van der Waals surface area contributed by atoms with E-state index >= 15 is 4.39 Å². The van der Waals surface area contributed by atoms with Crippen LogP contribution in [0, 0.1) is 0 Å². The minimum atomic E-state index is -2.07. The highest BCUT2D eigenvalue weighted by molar-refractivity contribution is 5.82. The van der Waals surface area contributed by atoms with E-state index in [2.05, 4.69) is 10.0 Å². The number of azide groups is 1. The van der Waals surface area contributed by atoms with Crippen molar-refractivity contribution in [3.05, 3.63) is 47.5 Å². The summed E-state index contributed by atoms with van der Waals surface area (Å²) in [5.74, 6) is -2.14. The predicted octanol–water partition coefficient (Wildman–Crippen LogP) is 4.71. The fraction of sp³-hybridized carbons (Fsp3) is 0.667. The molecule has 230 valence electrons. The third-order valence-corrected chi connectivity index (χ3v) is 4.42. The zero-order valence-electron chi connectivity index (χ0n) is 24.9. The van der Waals surface area contributed by atoms with Gasteiger partial charge in [0.1, 0.15) is 29.5 Å². The molecule has 1 fully saturated rings. The number of alkyl halides is 1. The molecule has 0 saturated carbocycles. The van der Waals surface area contributed by atoms with Gasteiger partial charge in [-0.2, -0.15) is 0 Å². The number of carbonyl (C=O) groups excluding carboxylic acids is 3. The van der Waals surface area contributed by atoms with Gasteiger partial charge in [-0.3, -0.25) is 0 Å². The Morgan fingerprint density at radius 1 is 0.780 bits per heavy atom. The molecule has 14 heteroatoms. The number of carbonyl (C=O) groups is 3. The molecule has 0 aromatic rings. The van der Waals surface area contributed by atoms with Crippen molar-refractivity contribution in [2.75, 3.05) is 6.61 Å². The molecule has 1 saturated heterocycles. The topological polar surface area (TPSA) is 165 Å². The molecule has 0 aromatic carbocycles. The third-order valence-electron chi connectivity index (χ3n) is 4.42. The average molecular weight is 586 g/mol. The van der Waals surface area contributed by atoms with E-state index in [-0.39, 0.29) is 6.61 Å². The Kier molecular flexibility index (Phi) is 13.1. The number of hydrogen-bond donors (Lipinski definition) is 0. The van der Waals surface area contributed by atoms with Crippen LogP contribution in [0.15, 0.2) is 42.1 Å². The smallest absolute Gasteiger partial charge is 0.334 e. The molecule has 0 radical (unpaired) electrons. The first kappa shape index (κ1) is 35.3. The van der Waals surface area contributed by atoms with Crippen molar-refractivity contribution in [2.45, 2.75) is 110 Å². The summed E-state index contributed by atoms with van der Waals surface area (Å²) in [6.07, 6.45) is -1.79. The molecule has 5 atom stereocenters. The van der Waals surface area contributed by atoms with Crippen molar-refractivity contribution in [1.82, 2.24) is 0 Å². The summed E-state index contributed by atoms with van der Waals surface area (Å²) in [7, 11) is 0. The zero-order valence-corrected chi connectivity index (χ0v) is 24.9. The monoisotopic (exact) mass is 585 g/mol. The molecule has 1 rings (SSSR count). The van der Waals surface area contributed by atoms with Crippen LogP contribution in [-0.2, 0) is 47.5 Å². The molecule has 1 aliphatic heterocycles. The van der Waals surface area contributed by atoms with Crippen LogP contribution in [-0.4, -0.2) is 72.0 Å². The van der Waals surface area contributed by atoms with Gasteiger partial charge in [-0.1, -0.05) is 5.11 Å². The largest absolute Gasteiger partial charge is 0.498 e. The highest BCUT2D eigenvalue weighted by atomic mass is 19.1. The molecular formula is C27H40FN3O10. The molecule has 0 N–H and O–H groups in total. The van der Waals surface area contributed by atoms with Gasteiger partial charge in [-0.15, -0.1) is 0 Å². The van der Waals surface area contributed by atoms with Crippen molar-refractivity contribution in [3.63, 3.8) is 0 Å². The van der Waals surface area contributed by atoms with Gasteiger partial charge in [-0.05, 0) is 67.8 Å². The minimum absolute atomic E-state index is 0.329. The lowest BCUT2D eigenvalue weighted by Gasteiger charge is -2.40. The van der Waals surface area contributed by atoms with Crippen molar-refractivity contribution in [3.8, 4) is 0 Å². The van der Waals surface area contributed by atoms with Crippen LogP contribution in [0.2, 0.25) is 0 Å². The van der Waals surface area contributed by atoms with Gasteiger partial charge in [0.25, 0.3) is 0 Å². The summed E-state index contributed by atoms with van der Waals surface area (Å²) >= 11 is 0. The van der Waals surface area contributed by atoms with E-state index < -0.39 is 65.4 Å². The first-order valence-corrected chi connectivity index (χ1v) is 12.8. The van der Waals surface area contributed by atoms with E-state index in [0.717, 1.165) is 37.0 Å². The van der Waals surface area contributed by atoms with Crippen molar-refractivity contribution in [1.29, 1.82) is 0 Å². The summed E-state index contributed by atoms with van der Waals surface area (Å²) in [5.41, 5.74) is 6.64. The fourth-order valence-electron chi connectivity index (χ4n) is 3.11. The molecular weight excluding hydrogens is 545 g/mol. The summed E-state index contributed by atoms with van der Waals surface area (Å²) < 4.78 is 52.9. The Bertz CT molecular complexity index is 1030. The Labute approximate surface area is 239 Å². The molecule has 13 nitrogen and oxygen atoms in total. The quantitative estimate of drug-likeness (QED) is 0.0630. The van der Waals surface area contributed by atoms with Crippen molar-refractivity contribution >= 4 is 17.9 Å². The van der Waals surface area contributed by atoms with Gasteiger partial charge in [0, 0.05) is 4.91 Å². The van der Waals surface area contributed by atoms with E-state index in [0.29, 0.717) is 0 Å². The minimum Gasteiger partial charge on any atom is -0.498 e. The van der Waals surface area contributed by atoms with E-state index in [1.54, 1.807) is 62.3 Å². The number of halogens is 1. The number of ether oxygens (including phenoxy) is 7. The van der Waals surface area contributed by atoms with Crippen LogP contribution in [0.25, 0.3) is 10.4 Å². The van der Waals surface area contributed by atoms with Crippen LogP contribution in [0.1, 0.15) is 62.3 Å². The Morgan fingerprint density at radius 3 is 1.61 bits per heavy atom. The molecule has 1 unspecified atom stereocenters. The maximum Gasteiger partial charge on any atom is 0.334 e. The highest BCUT2D eigenvalue weighted by Gasteiger charge is 2.49. The standard InChI is InChI=1S/C27H40FN3O10/c1-25(2,3)39-18(32)10-13-35-16-17-22(36-14-11-19(33)40-26(4,5)6)23(21(28)24(38-17)30-31-29)37-15-12-20(34)41-27(7,8)9/h10-15,17,21-24H,16H2,1-9H3/b13-10+,14-11+,15-12+/t17-,21-,22-,23-,24?/m1/s1. The maximum absolute atomic E-state index is 15.4. The average Bonchev–Trinajstić information content (AvgIpc) is 2.77. The second-order valence-corrected chi connectivity index (χ2v) is 11.8. The zero-order chi connectivity index (χ0) is 31.4. The molecule has 41 heavy (non-hydrogen) atoms. The number of nitrogens with zero attached hydrogens (tertiary/aromatic N) is 3. The van der Waals surface area contributed by atoms with Gasteiger partial charge in [-0.25, -0.2) is 18.8 Å². The molecule has 1 heterocycles. The number of rotatable bonds is 11. The molecule has 0 aliphatic carbocycles. The molecule has 0 aromatic heterocycles. The third kappa shape index (κ3) is 15.0. The second-order valence-electron chi connectivity index (χ2n) is 11.8. The van der Waals surface area contributed by atoms with E-state index in [1.807, 2.05) is 0 Å². The van der Waals surface area contributed by atoms with E-state index in [4.69, 9.17) is 38.7 Å². The van der Waals surface area contributed by atoms with E-state index in [9.17, 15) is 14.4 Å². The van der Waals surface area contributed by atoms with Crippen LogP contribution >= 0.6 is 0 Å². The molecule has 0 amide bonds. The van der Waals surface area contributed by atoms with Gasteiger partial charge < -0.3 is 33.2 Å². The first-order valence-electron chi connectivity index (χ1n) is 12.8. The lowest BCUT2D eigenvalue weighted by Crippen LogP contribution is -2.57. The van der Waals surface area contributed by atoms with Crippen molar-refractivity contribution in [2.24, 2.45) is 5.11 Å². The maximum atomic E-state index is 15.4. The Hall–Kier alpha value is -3.77. The number of hydrogen-bond acceptors (Lipinski definition) is 11. The Morgan fingerprint density at radius 2 is 1.20 bits per heavy atom. The van der Waals surface area contributed by atoms with Crippen LogP contribution < -0.4 is 0 Å². The second kappa shape index (κ2) is 15.3. The molecule has 1 aliphatic rings. The number of esters is 3. The van der Waals surface area contributed by atoms with Gasteiger partial charge in [0.2, 0.25) is 0 Å². The van der Waals surface area contributed by atoms with Crippen molar-refractivity contribution < 1.29 is 51.9 Å². The SMILES string of the molecule is CC(C)(C)OC(=O)/C=C/OC[C@H]1OC(N=[N+]=[N-])[C@H](F)[C@@H](O/C=C/C(=O)OC(C)(C)C)[C@@H]1O/C=C/C(=O)OC(C)(C)C. The van der Waals surface area contributed by atoms with E-state index in [1.165, 1.54) is 0 Å². The summed E-state index contributed by atoms with van der Waals surface area (Å²) in [5, 5.41) is 3.33. The Balaban J connectivity index is 3.19. The predicted molar refractivity (Wildman–Crippen MR) is 143 cm³/mol. The van der Waals surface area contributed by atoms with Gasteiger partial charge in [0.05, 0.1) is 37.0 Å². The lowest BCUT2D eigenvalue weighted by atomic mass is 9.99. The van der Waals surface area contributed by atoms with Crippen LogP contribution in [0.3, 0.4) is 0 Å². The molecule has 0 bridgehead atoms. The highest BCUT2D eigenvalue weighted by Crippen LogP contribution is 2.30. The van der Waals surface area contributed by atoms with Crippen LogP contribution in [0.4, 0.5) is 4.39 Å². The van der Waals surface area contributed by atoms with Crippen LogP contribution in [0.5, 0.6) is 0 Å². The summed E-state index contributed by atoms with van der Waals surface area (Å²) in [6.45, 7) is 14.8. The van der Waals surface area contributed by atoms with Gasteiger partial charge in [0.15, 0.2) is 24.6 Å². The normalized spacial score (nSPS) is 23.6. The first-order chi connectivity index (χ1) is 18.8. The lowest BCUT2D eigenvalue weighted by molar-refractivity contribution is -0.214. The summed E-state index contributed by atoms with van der Waals surface area (Å²) in [4.78, 5) is 38.6. The summed E-state index contributed by atoms with van der Waals surface area (Å²) in [6, 6.07) is 0.